The summed E-state index contributed by atoms with van der Waals surface area (Å²) in [4.78, 5) is 39.4. The van der Waals surface area contributed by atoms with Crippen molar-refractivity contribution >= 4 is 40.6 Å². The predicted octanol–water partition coefficient (Wildman–Crippen LogP) is 3.13. The van der Waals surface area contributed by atoms with Gasteiger partial charge in [0.15, 0.2) is 0 Å². The molecule has 0 saturated carbocycles. The molecule has 0 bridgehead atoms. The topological polar surface area (TPSA) is 66.9 Å². The van der Waals surface area contributed by atoms with E-state index in [1.165, 1.54) is 0 Å². The second-order valence-electron chi connectivity index (χ2n) is 5.96. The van der Waals surface area contributed by atoms with Crippen molar-refractivity contribution in [2.45, 2.75) is 26.4 Å². The van der Waals surface area contributed by atoms with Crippen molar-refractivity contribution in [2.24, 2.45) is 0 Å². The lowest BCUT2D eigenvalue weighted by atomic mass is 10.2. The van der Waals surface area contributed by atoms with E-state index in [4.69, 9.17) is 4.74 Å². The Morgan fingerprint density at radius 3 is 2.48 bits per heavy atom. The third kappa shape index (κ3) is 4.85. The third-order valence-corrected chi connectivity index (χ3v) is 4.68. The number of anilines is 1. The molecule has 1 heterocycles. The Labute approximate surface area is 151 Å². The molecule has 1 aromatic carbocycles. The van der Waals surface area contributed by atoms with Crippen LogP contribution in [0.5, 0.6) is 0 Å². The van der Waals surface area contributed by atoms with Crippen LogP contribution in [-0.4, -0.2) is 48.8 Å². The molecule has 1 aliphatic heterocycles. The number of imide groups is 1. The van der Waals surface area contributed by atoms with Crippen molar-refractivity contribution in [3.8, 4) is 0 Å². The van der Waals surface area contributed by atoms with Crippen LogP contribution in [0.1, 0.15) is 25.8 Å². The first kappa shape index (κ1) is 19.1. The lowest BCUT2D eigenvalue weighted by Gasteiger charge is -2.14. The minimum Gasteiger partial charge on any atom is -0.461 e. The van der Waals surface area contributed by atoms with Gasteiger partial charge in [0.05, 0.1) is 11.0 Å². The van der Waals surface area contributed by atoms with Crippen LogP contribution in [0, 0.1) is 0 Å². The van der Waals surface area contributed by atoms with E-state index in [9.17, 15) is 14.4 Å². The number of benzene rings is 1. The van der Waals surface area contributed by atoms with Crippen LogP contribution >= 0.6 is 11.8 Å². The Balaban J connectivity index is 2.08. The van der Waals surface area contributed by atoms with Crippen LogP contribution in [-0.2, 0) is 14.3 Å². The minimum absolute atomic E-state index is 0.238. The number of amides is 2. The number of hydrogen-bond acceptors (Lipinski definition) is 6. The molecule has 0 radical (unpaired) electrons. The highest BCUT2D eigenvalue weighted by molar-refractivity contribution is 8.18. The number of rotatable bonds is 6. The van der Waals surface area contributed by atoms with Crippen LogP contribution in [0.2, 0.25) is 0 Å². The maximum Gasteiger partial charge on any atom is 0.326 e. The van der Waals surface area contributed by atoms with Gasteiger partial charge in [0, 0.05) is 19.8 Å². The number of carbonyl (C=O) groups is 3. The standard InChI is InChI=1S/C18H22N2O4S/c1-5-12(2)24-16(21)11-20-17(22)15(25-18(20)23)10-13-6-8-14(9-7-13)19(3)4/h6-10,12H,5,11H2,1-4H3/b15-10+/t12-/m1/s1. The molecule has 1 aliphatic rings. The van der Waals surface area contributed by atoms with Crippen molar-refractivity contribution in [3.05, 3.63) is 34.7 Å². The smallest absolute Gasteiger partial charge is 0.326 e. The maximum absolute atomic E-state index is 12.4. The second-order valence-corrected chi connectivity index (χ2v) is 6.96. The molecule has 1 aromatic rings. The Kier molecular flexibility index (Phi) is 6.25. The predicted molar refractivity (Wildman–Crippen MR) is 99.3 cm³/mol. The van der Waals surface area contributed by atoms with Crippen LogP contribution < -0.4 is 4.90 Å². The fourth-order valence-electron chi connectivity index (χ4n) is 2.13. The zero-order chi connectivity index (χ0) is 18.6. The van der Waals surface area contributed by atoms with Crippen molar-refractivity contribution in [1.29, 1.82) is 0 Å². The van der Waals surface area contributed by atoms with Gasteiger partial charge in [-0.05, 0) is 48.9 Å². The summed E-state index contributed by atoms with van der Waals surface area (Å²) in [5.74, 6) is -1.04. The molecule has 1 saturated heterocycles. The van der Waals surface area contributed by atoms with Gasteiger partial charge < -0.3 is 9.64 Å². The van der Waals surface area contributed by atoms with Gasteiger partial charge in [-0.15, -0.1) is 0 Å². The van der Waals surface area contributed by atoms with E-state index in [-0.39, 0.29) is 12.6 Å². The third-order valence-electron chi connectivity index (χ3n) is 3.78. The molecule has 2 rings (SSSR count). The number of carbonyl (C=O) groups excluding carboxylic acids is 3. The zero-order valence-electron chi connectivity index (χ0n) is 14.8. The first-order valence-corrected chi connectivity index (χ1v) is 8.85. The lowest BCUT2D eigenvalue weighted by molar-refractivity contribution is -0.150. The molecule has 134 valence electrons. The van der Waals surface area contributed by atoms with Gasteiger partial charge in [0.25, 0.3) is 11.1 Å². The zero-order valence-corrected chi connectivity index (χ0v) is 15.6. The molecule has 25 heavy (non-hydrogen) atoms. The van der Waals surface area contributed by atoms with E-state index < -0.39 is 17.1 Å². The largest absolute Gasteiger partial charge is 0.461 e. The van der Waals surface area contributed by atoms with Crippen LogP contribution in [0.25, 0.3) is 6.08 Å². The van der Waals surface area contributed by atoms with Gasteiger partial charge >= 0.3 is 5.97 Å². The summed E-state index contributed by atoms with van der Waals surface area (Å²) in [7, 11) is 3.89. The van der Waals surface area contributed by atoms with E-state index in [1.807, 2.05) is 50.2 Å². The molecule has 6 nitrogen and oxygen atoms in total. The van der Waals surface area contributed by atoms with E-state index in [0.717, 1.165) is 27.9 Å². The molecular weight excluding hydrogens is 340 g/mol. The Hall–Kier alpha value is -2.28. The van der Waals surface area contributed by atoms with Crippen molar-refractivity contribution < 1.29 is 19.1 Å². The monoisotopic (exact) mass is 362 g/mol. The van der Waals surface area contributed by atoms with Gasteiger partial charge in [-0.3, -0.25) is 19.3 Å². The highest BCUT2D eigenvalue weighted by atomic mass is 32.2. The van der Waals surface area contributed by atoms with Gasteiger partial charge in [0.2, 0.25) is 0 Å². The van der Waals surface area contributed by atoms with Gasteiger partial charge in [-0.25, -0.2) is 0 Å². The van der Waals surface area contributed by atoms with Gasteiger partial charge in [-0.1, -0.05) is 19.1 Å². The van der Waals surface area contributed by atoms with Gasteiger partial charge in [0.1, 0.15) is 6.54 Å². The molecule has 1 fully saturated rings. The molecule has 0 aromatic heterocycles. The van der Waals surface area contributed by atoms with E-state index in [1.54, 1.807) is 13.0 Å². The molecule has 1 atom stereocenters. The summed E-state index contributed by atoms with van der Waals surface area (Å²) in [6.07, 6.45) is 2.10. The molecule has 0 unspecified atom stereocenters. The summed E-state index contributed by atoms with van der Waals surface area (Å²) in [6, 6.07) is 7.61. The van der Waals surface area contributed by atoms with Crippen LogP contribution in [0.3, 0.4) is 0 Å². The summed E-state index contributed by atoms with van der Waals surface area (Å²) in [5, 5.41) is -0.456. The SMILES string of the molecule is CC[C@@H](C)OC(=O)CN1C(=O)S/C(=C/c2ccc(N(C)C)cc2)C1=O. The number of hydrogen-bond donors (Lipinski definition) is 0. The number of ether oxygens (including phenoxy) is 1. The maximum atomic E-state index is 12.4. The second kappa shape index (κ2) is 8.20. The number of thioether (sulfide) groups is 1. The quantitative estimate of drug-likeness (QED) is 0.572. The average Bonchev–Trinajstić information content (AvgIpc) is 2.82. The lowest BCUT2D eigenvalue weighted by Crippen LogP contribution is -2.35. The Morgan fingerprint density at radius 2 is 1.92 bits per heavy atom. The number of nitrogens with zero attached hydrogens (tertiary/aromatic N) is 2. The summed E-state index contributed by atoms with van der Waals surface area (Å²) in [5.41, 5.74) is 1.86. The highest BCUT2D eigenvalue weighted by Gasteiger charge is 2.36. The summed E-state index contributed by atoms with van der Waals surface area (Å²) < 4.78 is 5.13. The van der Waals surface area contributed by atoms with E-state index >= 15 is 0 Å². The molecule has 0 spiro atoms. The highest BCUT2D eigenvalue weighted by Crippen LogP contribution is 2.32. The molecule has 0 aliphatic carbocycles. The fraction of sp³-hybridized carbons (Fsp3) is 0.389. The van der Waals surface area contributed by atoms with Crippen LogP contribution in [0.15, 0.2) is 29.2 Å². The van der Waals surface area contributed by atoms with Crippen LogP contribution in [0.4, 0.5) is 10.5 Å². The summed E-state index contributed by atoms with van der Waals surface area (Å²) >= 11 is 0.834. The minimum atomic E-state index is -0.576. The average molecular weight is 362 g/mol. The first-order valence-electron chi connectivity index (χ1n) is 8.04. The van der Waals surface area contributed by atoms with E-state index in [0.29, 0.717) is 11.3 Å². The summed E-state index contributed by atoms with van der Waals surface area (Å²) in [6.45, 7) is 3.30. The van der Waals surface area contributed by atoms with Gasteiger partial charge in [-0.2, -0.15) is 0 Å². The molecular formula is C18H22N2O4S. The van der Waals surface area contributed by atoms with Crippen molar-refractivity contribution in [2.75, 3.05) is 25.5 Å². The Bertz CT molecular complexity index is 698. The molecule has 0 N–H and O–H groups in total. The van der Waals surface area contributed by atoms with Crippen molar-refractivity contribution in [3.63, 3.8) is 0 Å². The number of esters is 1. The van der Waals surface area contributed by atoms with E-state index in [2.05, 4.69) is 0 Å². The van der Waals surface area contributed by atoms with Crippen molar-refractivity contribution in [1.82, 2.24) is 4.90 Å². The normalized spacial score (nSPS) is 17.1. The molecule has 2 amide bonds. The first-order chi connectivity index (χ1) is 11.8. The fourth-order valence-corrected chi connectivity index (χ4v) is 2.97. The molecule has 7 heteroatoms. The Morgan fingerprint density at radius 1 is 1.28 bits per heavy atom.